The van der Waals surface area contributed by atoms with Crippen molar-refractivity contribution in [3.05, 3.63) is 165 Å². The monoisotopic (exact) mass is 1870 g/mol. The molecule has 690 valence electrons. The fourth-order valence-electron chi connectivity index (χ4n) is 12.5. The minimum absolute atomic E-state index is 0.0417. The molecule has 33 heteroatoms. The van der Waals surface area contributed by atoms with Crippen LogP contribution in [0.2, 0.25) is 0 Å². The molecule has 0 aliphatic carbocycles. The highest BCUT2D eigenvalue weighted by Gasteiger charge is 2.28. The summed E-state index contributed by atoms with van der Waals surface area (Å²) >= 11 is 21.5. The number of carbonyl (C=O) groups is 5. The number of aromatic nitrogens is 1. The molecule has 0 bridgehead atoms. The van der Waals surface area contributed by atoms with E-state index in [4.69, 9.17) is 86.6 Å². The molecule has 3 N–H and O–H groups in total. The number of unbranched alkanes of at least 4 members (excludes halogenated alkanes) is 9. The molecule has 4 amide bonds. The lowest BCUT2D eigenvalue weighted by Gasteiger charge is -2.19. The molecule has 10 rings (SSSR count). The quantitative estimate of drug-likeness (QED) is 0.00796. The fourth-order valence-corrected chi connectivity index (χ4v) is 16.0. The van der Waals surface area contributed by atoms with Crippen LogP contribution in [0.3, 0.4) is 0 Å². The van der Waals surface area contributed by atoms with Crippen molar-refractivity contribution in [3.63, 3.8) is 0 Å². The molecule has 9 aromatic rings. The van der Waals surface area contributed by atoms with Gasteiger partial charge in [-0.2, -0.15) is 10.5 Å². The van der Waals surface area contributed by atoms with E-state index in [0.717, 1.165) is 177 Å². The number of benzene rings is 5. The first-order valence-electron chi connectivity index (χ1n) is 43.2. The van der Waals surface area contributed by atoms with Gasteiger partial charge in [-0.15, -0.1) is 68.8 Å². The van der Waals surface area contributed by atoms with Crippen LogP contribution in [0.5, 0.6) is 0 Å². The number of nitrogens with one attached hydrogen (secondary N) is 3. The van der Waals surface area contributed by atoms with Gasteiger partial charge in [-0.05, 0) is 149 Å². The van der Waals surface area contributed by atoms with Gasteiger partial charge in [-0.25, -0.2) is 29.2 Å². The molecule has 5 aromatic carbocycles. The number of hydrogen-bond donors (Lipinski definition) is 3. The Bertz CT molecular complexity index is 5080. The Labute approximate surface area is 778 Å². The lowest BCUT2D eigenvalue weighted by Crippen LogP contribution is -2.31. The molecule has 27 nitrogen and oxygen atoms in total. The number of esters is 1. The van der Waals surface area contributed by atoms with Crippen LogP contribution in [-0.2, 0) is 57.0 Å². The molecular weight excluding hydrogens is 1750 g/mol. The number of likely N-dealkylation sites (N-methyl/N-ethyl adjacent to an activating group) is 4. The lowest BCUT2D eigenvalue weighted by molar-refractivity contribution is -0.149. The number of fused-ring (bicyclic) bond motifs is 4. The predicted molar refractivity (Wildman–Crippen MR) is 516 cm³/mol. The Morgan fingerprint density at radius 3 is 1.41 bits per heavy atom. The number of thiazole rings is 1. The van der Waals surface area contributed by atoms with E-state index in [1.165, 1.54) is 22.7 Å². The number of alkyl carbamates (subject to hydrolysis) is 3. The van der Waals surface area contributed by atoms with E-state index in [2.05, 4.69) is 50.2 Å². The highest BCUT2D eigenvalue weighted by molar-refractivity contribution is 7.20. The molecule has 1 aliphatic heterocycles. The summed E-state index contributed by atoms with van der Waals surface area (Å²) in [7, 11) is 7.55. The van der Waals surface area contributed by atoms with Crippen LogP contribution in [0.15, 0.2) is 148 Å². The Morgan fingerprint density at radius 2 is 0.938 bits per heavy atom. The zero-order valence-corrected chi connectivity index (χ0v) is 79.0. The Hall–Kier alpha value is -9.90. The molecule has 0 spiro atoms. The van der Waals surface area contributed by atoms with Crippen molar-refractivity contribution in [2.45, 2.75) is 103 Å². The number of ether oxygens (including phenoxy) is 10. The number of para-hydroxylation sites is 1. The van der Waals surface area contributed by atoms with Crippen LogP contribution in [0.1, 0.15) is 124 Å². The number of hydrogen-bond acceptors (Lipinski definition) is 26. The zero-order chi connectivity index (χ0) is 91.5. The van der Waals surface area contributed by atoms with Crippen molar-refractivity contribution < 1.29 is 75.8 Å². The van der Waals surface area contributed by atoms with Crippen molar-refractivity contribution in [1.29, 1.82) is 10.5 Å². The minimum atomic E-state index is -0.675. The topological polar surface area (TPSA) is 313 Å². The first-order chi connectivity index (χ1) is 62.1. The van der Waals surface area contributed by atoms with Gasteiger partial charge >= 0.3 is 24.2 Å². The predicted octanol–water partition coefficient (Wildman–Crippen LogP) is 19.4. The van der Waals surface area contributed by atoms with E-state index < -0.39 is 29.9 Å². The van der Waals surface area contributed by atoms with Gasteiger partial charge in [-0.3, -0.25) is 9.69 Å². The average Bonchev–Trinajstić information content (AvgIpc) is 1.67. The van der Waals surface area contributed by atoms with E-state index in [-0.39, 0.29) is 31.3 Å². The summed E-state index contributed by atoms with van der Waals surface area (Å²) in [6.07, 6.45) is 16.8. The molecule has 0 saturated heterocycles. The van der Waals surface area contributed by atoms with Crippen molar-refractivity contribution in [2.75, 3.05) is 199 Å². The smallest absolute Gasteiger partial charge is 0.407 e. The average molecular weight is 1870 g/mol. The van der Waals surface area contributed by atoms with Crippen LogP contribution < -0.4 is 30.7 Å². The summed E-state index contributed by atoms with van der Waals surface area (Å²) in [4.78, 5) is 79.7. The number of carbonyl (C=O) groups excluding carboxylic acids is 5. The highest BCUT2D eigenvalue weighted by atomic mass is 35.5. The largest absolute Gasteiger partial charge is 0.457 e. The second kappa shape index (κ2) is 58.6. The summed E-state index contributed by atoms with van der Waals surface area (Å²) < 4.78 is 63.4. The number of thiophene rings is 2. The fraction of sp³-hybridized carbons (Fsp3) is 0.463. The zero-order valence-electron chi connectivity index (χ0n) is 74.3. The molecule has 0 radical (unpaired) electrons. The molecule has 4 aromatic heterocycles. The van der Waals surface area contributed by atoms with Gasteiger partial charge in [0.2, 0.25) is 0 Å². The molecular formula is C95H120Cl3N11O16S3. The number of amides is 4. The maximum atomic E-state index is 12.9. The van der Waals surface area contributed by atoms with Crippen molar-refractivity contribution in [2.24, 2.45) is 4.99 Å². The molecule has 5 heterocycles. The maximum Gasteiger partial charge on any atom is 0.407 e. The van der Waals surface area contributed by atoms with Crippen molar-refractivity contribution in [3.8, 4) is 12.1 Å². The standard InChI is InChI=1S/C33H41ClN4O5S.C32H37ClN4O5S.C30H42ClN3O6S/c1-37(16-19-43-33(40)35-15-18-42-21-20-41-17-9-4-3-8-14-34)27-13-12-26-22-28(44-30(26)23-27)24-29-32(39)38(2)31(36-29)25-10-6-5-7-11-25;1-37(14-17-41-32(38)35-13-16-40-19-18-39-15-7-3-2-6-12-33)26-11-10-24-20-27(42-29(24)22-26)21-25(23-34)31-36-28-8-4-5-9-30(28)43-31;1-30(2,3)40-28(35)24(22-32)20-26-19-23-9-10-25(21-27(23)41-26)34(4)13-16-39-29(36)33-12-15-38-18-17-37-14-8-6-5-7-11-31/h5-7,10-13,22-24H,3-4,8-9,14-21H2,1-2H3,(H,35,40);4-5,8-11,20-22H,2-3,6-7,12-19H2,1H3,(H,35,38);9-10,19-21H,5-8,11-18H2,1-4H3,(H,33,36)/b29-24-;25-21+;24-20+. The number of allylic oxidation sites excluding steroid dienone is 1. The third-order valence-corrected chi connectivity index (χ3v) is 23.3. The van der Waals surface area contributed by atoms with Crippen LogP contribution in [0.25, 0.3) is 65.2 Å². The van der Waals surface area contributed by atoms with Crippen LogP contribution in [0.4, 0.5) is 31.4 Å². The maximum absolute atomic E-state index is 12.9. The molecule has 1 aliphatic rings. The van der Waals surface area contributed by atoms with Crippen LogP contribution in [0, 0.1) is 22.7 Å². The molecule has 0 saturated carbocycles. The number of aliphatic imine (C=N–C) groups is 1. The molecule has 128 heavy (non-hydrogen) atoms. The van der Waals surface area contributed by atoms with E-state index in [1.54, 1.807) is 56.2 Å². The third-order valence-electron chi connectivity index (χ3n) is 19.4. The second-order valence-electron chi connectivity index (χ2n) is 30.6. The van der Waals surface area contributed by atoms with E-state index in [1.807, 2.05) is 157 Å². The van der Waals surface area contributed by atoms with Gasteiger partial charge in [0, 0.05) is 145 Å². The summed E-state index contributed by atoms with van der Waals surface area (Å²) in [5.74, 6) is 2.62. The number of anilines is 3. The minimum Gasteiger partial charge on any atom is -0.457 e. The van der Waals surface area contributed by atoms with Crippen LogP contribution in [-0.4, -0.2) is 236 Å². The lowest BCUT2D eigenvalue weighted by atomic mass is 10.1. The molecule has 0 fully saturated rings. The second-order valence-corrected chi connectivity index (χ2v) is 35.0. The van der Waals surface area contributed by atoms with Crippen molar-refractivity contribution in [1.82, 2.24) is 25.8 Å². The first-order valence-corrected chi connectivity index (χ1v) is 47.3. The highest BCUT2D eigenvalue weighted by Crippen LogP contribution is 2.35. The summed E-state index contributed by atoms with van der Waals surface area (Å²) in [6, 6.07) is 45.7. The van der Waals surface area contributed by atoms with Gasteiger partial charge in [0.05, 0.1) is 94.9 Å². The number of nitrogens with zero attached hydrogens (tertiary/aromatic N) is 8. The van der Waals surface area contributed by atoms with Gasteiger partial charge < -0.3 is 82.4 Å². The third kappa shape index (κ3) is 38.0. The van der Waals surface area contributed by atoms with Gasteiger partial charge in [0.15, 0.2) is 0 Å². The Balaban J connectivity index is 0.000000238. The Morgan fingerprint density at radius 1 is 0.492 bits per heavy atom. The number of rotatable bonds is 54. The number of furan rings is 1. The van der Waals surface area contributed by atoms with E-state index >= 15 is 0 Å². The SMILES string of the molecule is CN(CCOC(=O)NCCOCCOCCCCCCCl)c1ccc2cc(/C=C(\C#N)C(=O)OC(C)(C)C)sc2c1.CN(CCOC(=O)NCCOCCOCCCCCCCl)c1ccc2cc(/C=C(\C#N)c3nc4ccccc4s3)oc2c1.CN1C(=O)/C(=C/c2cc3ccc(N(C)CCOC(=O)NCCOCCOCCCCCCCl)cc3s2)N=C1c1ccccc1. The normalized spacial score (nSPS) is 12.5. The summed E-state index contributed by atoms with van der Waals surface area (Å²) in [6.45, 7) is 15.1. The summed E-state index contributed by atoms with van der Waals surface area (Å²) in [5, 5.41) is 30.9. The number of halogens is 3. The Kier molecular flexibility index (Phi) is 47.4. The van der Waals surface area contributed by atoms with Gasteiger partial charge in [0.25, 0.3) is 5.91 Å². The summed E-state index contributed by atoms with van der Waals surface area (Å²) in [5.41, 5.74) is 5.51. The van der Waals surface area contributed by atoms with E-state index in [9.17, 15) is 34.5 Å². The molecule has 0 atom stereocenters. The molecule has 0 unspecified atom stereocenters. The number of amidine groups is 1. The van der Waals surface area contributed by atoms with E-state index in [0.29, 0.717) is 138 Å². The van der Waals surface area contributed by atoms with Crippen molar-refractivity contribution >= 4 is 187 Å². The van der Waals surface area contributed by atoms with Gasteiger partial charge in [-0.1, -0.05) is 93.1 Å². The van der Waals surface area contributed by atoms with Crippen LogP contribution >= 0.6 is 68.8 Å². The number of nitriles is 2. The number of alkyl halides is 3. The first kappa shape index (κ1) is 103. The van der Waals surface area contributed by atoms with Gasteiger partial charge in [0.1, 0.15) is 71.0 Å².